The number of likely N-dealkylation sites (N-methyl/N-ethyl adjacent to an activating group) is 1. The van der Waals surface area contributed by atoms with Gasteiger partial charge in [-0.1, -0.05) is 30.1 Å². The van der Waals surface area contributed by atoms with Crippen LogP contribution in [0.4, 0.5) is 0 Å². The molecule has 19 heavy (non-hydrogen) atoms. The second kappa shape index (κ2) is 8.69. The first-order valence-corrected chi connectivity index (χ1v) is 7.78. The predicted octanol–water partition coefficient (Wildman–Crippen LogP) is 3.20. The maximum absolute atomic E-state index is 11.9. The van der Waals surface area contributed by atoms with Crippen LogP contribution in [0.15, 0.2) is 23.1 Å². The average molecular weight is 321 g/mol. The van der Waals surface area contributed by atoms with Crippen molar-refractivity contribution in [2.75, 3.05) is 19.6 Å². The van der Waals surface area contributed by atoms with Crippen molar-refractivity contribution in [2.45, 2.75) is 24.0 Å². The SMILES string of the molecule is CCNCCNC(=O)C(C)Sc1cc(Cl)ccc1Cl. The van der Waals surface area contributed by atoms with Crippen molar-refractivity contribution >= 4 is 40.9 Å². The fraction of sp³-hybridized carbons (Fsp3) is 0.462. The van der Waals surface area contributed by atoms with Gasteiger partial charge in [0.2, 0.25) is 5.91 Å². The average Bonchev–Trinajstić information content (AvgIpc) is 2.38. The number of thioether (sulfide) groups is 1. The molecule has 0 heterocycles. The van der Waals surface area contributed by atoms with Gasteiger partial charge in [0.25, 0.3) is 0 Å². The van der Waals surface area contributed by atoms with Crippen LogP contribution in [0, 0.1) is 0 Å². The molecule has 1 aromatic rings. The number of halogens is 2. The Bertz CT molecular complexity index is 429. The van der Waals surface area contributed by atoms with Crippen LogP contribution in [-0.2, 0) is 4.79 Å². The highest BCUT2D eigenvalue weighted by atomic mass is 35.5. The van der Waals surface area contributed by atoms with Gasteiger partial charge in [0, 0.05) is 23.0 Å². The van der Waals surface area contributed by atoms with E-state index < -0.39 is 0 Å². The first-order chi connectivity index (χ1) is 9.04. The molecule has 6 heteroatoms. The van der Waals surface area contributed by atoms with Crippen molar-refractivity contribution in [2.24, 2.45) is 0 Å². The molecule has 2 N–H and O–H groups in total. The highest BCUT2D eigenvalue weighted by molar-refractivity contribution is 8.00. The lowest BCUT2D eigenvalue weighted by molar-refractivity contribution is -0.120. The molecular weight excluding hydrogens is 303 g/mol. The highest BCUT2D eigenvalue weighted by Crippen LogP contribution is 2.32. The van der Waals surface area contributed by atoms with Gasteiger partial charge in [-0.05, 0) is 31.7 Å². The molecule has 0 aromatic heterocycles. The zero-order valence-electron chi connectivity index (χ0n) is 11.0. The lowest BCUT2D eigenvalue weighted by Gasteiger charge is -2.13. The largest absolute Gasteiger partial charge is 0.354 e. The highest BCUT2D eigenvalue weighted by Gasteiger charge is 2.15. The quantitative estimate of drug-likeness (QED) is 0.598. The van der Waals surface area contributed by atoms with Crippen LogP contribution in [0.2, 0.25) is 10.0 Å². The summed E-state index contributed by atoms with van der Waals surface area (Å²) in [6, 6.07) is 5.24. The van der Waals surface area contributed by atoms with Crippen LogP contribution in [0.3, 0.4) is 0 Å². The smallest absolute Gasteiger partial charge is 0.233 e. The molecule has 0 radical (unpaired) electrons. The van der Waals surface area contributed by atoms with Crippen LogP contribution in [0.5, 0.6) is 0 Å². The Morgan fingerprint density at radius 1 is 1.37 bits per heavy atom. The van der Waals surface area contributed by atoms with Gasteiger partial charge in [0.1, 0.15) is 0 Å². The monoisotopic (exact) mass is 320 g/mol. The first-order valence-electron chi connectivity index (χ1n) is 6.14. The molecule has 0 saturated heterocycles. The van der Waals surface area contributed by atoms with Crippen LogP contribution in [0.25, 0.3) is 0 Å². The van der Waals surface area contributed by atoms with Gasteiger partial charge >= 0.3 is 0 Å². The molecule has 0 aliphatic carbocycles. The van der Waals surface area contributed by atoms with Gasteiger partial charge in [-0.2, -0.15) is 0 Å². The Morgan fingerprint density at radius 2 is 2.11 bits per heavy atom. The van der Waals surface area contributed by atoms with Crippen molar-refractivity contribution in [1.82, 2.24) is 10.6 Å². The Labute approximate surface area is 128 Å². The minimum atomic E-state index is -0.211. The Balaban J connectivity index is 2.47. The molecule has 0 fully saturated rings. The molecule has 1 atom stereocenters. The molecule has 1 rings (SSSR count). The number of hydrogen-bond acceptors (Lipinski definition) is 3. The lowest BCUT2D eigenvalue weighted by Crippen LogP contribution is -2.36. The Morgan fingerprint density at radius 3 is 2.79 bits per heavy atom. The summed E-state index contributed by atoms with van der Waals surface area (Å²) >= 11 is 13.4. The normalized spacial score (nSPS) is 12.2. The summed E-state index contributed by atoms with van der Waals surface area (Å²) in [4.78, 5) is 12.7. The standard InChI is InChI=1S/C13H18Cl2N2OS/c1-3-16-6-7-17-13(18)9(2)19-12-8-10(14)4-5-11(12)15/h4-5,8-9,16H,3,6-7H2,1-2H3,(H,17,18). The summed E-state index contributed by atoms with van der Waals surface area (Å²) in [7, 11) is 0. The summed E-state index contributed by atoms with van der Waals surface area (Å²) < 4.78 is 0. The third-order valence-corrected chi connectivity index (χ3v) is 4.25. The number of rotatable bonds is 7. The van der Waals surface area contributed by atoms with Gasteiger partial charge in [-0.3, -0.25) is 4.79 Å². The van der Waals surface area contributed by atoms with Crippen molar-refractivity contribution in [3.05, 3.63) is 28.2 Å². The summed E-state index contributed by atoms with van der Waals surface area (Å²) in [6.07, 6.45) is 0. The third-order valence-electron chi connectivity index (χ3n) is 2.42. The summed E-state index contributed by atoms with van der Waals surface area (Å²) in [5.41, 5.74) is 0. The molecule has 0 bridgehead atoms. The van der Waals surface area contributed by atoms with E-state index in [0.717, 1.165) is 18.0 Å². The topological polar surface area (TPSA) is 41.1 Å². The van der Waals surface area contributed by atoms with E-state index in [1.54, 1.807) is 18.2 Å². The maximum atomic E-state index is 11.9. The third kappa shape index (κ3) is 6.04. The molecule has 1 aromatic carbocycles. The number of carbonyl (C=O) groups excluding carboxylic acids is 1. The van der Waals surface area contributed by atoms with E-state index in [0.29, 0.717) is 16.6 Å². The molecule has 0 spiro atoms. The Hall–Kier alpha value is -0.420. The number of amides is 1. The molecule has 0 aliphatic rings. The molecule has 1 amide bonds. The number of carbonyl (C=O) groups is 1. The summed E-state index contributed by atoms with van der Waals surface area (Å²) in [6.45, 7) is 6.18. The molecule has 106 valence electrons. The molecule has 3 nitrogen and oxygen atoms in total. The molecular formula is C13H18Cl2N2OS. The van der Waals surface area contributed by atoms with Crippen molar-refractivity contribution < 1.29 is 4.79 Å². The van der Waals surface area contributed by atoms with Gasteiger partial charge in [-0.25, -0.2) is 0 Å². The van der Waals surface area contributed by atoms with E-state index in [2.05, 4.69) is 10.6 Å². The van der Waals surface area contributed by atoms with Gasteiger partial charge in [-0.15, -0.1) is 11.8 Å². The first kappa shape index (κ1) is 16.6. The van der Waals surface area contributed by atoms with Crippen LogP contribution in [0.1, 0.15) is 13.8 Å². The molecule has 1 unspecified atom stereocenters. The zero-order valence-corrected chi connectivity index (χ0v) is 13.3. The minimum Gasteiger partial charge on any atom is -0.354 e. The second-order valence-corrected chi connectivity index (χ2v) is 6.21. The van der Waals surface area contributed by atoms with Crippen molar-refractivity contribution in [3.63, 3.8) is 0 Å². The summed E-state index contributed by atoms with van der Waals surface area (Å²) in [5, 5.41) is 7.04. The van der Waals surface area contributed by atoms with Crippen LogP contribution in [-0.4, -0.2) is 30.8 Å². The van der Waals surface area contributed by atoms with Crippen molar-refractivity contribution in [1.29, 1.82) is 0 Å². The minimum absolute atomic E-state index is 0.000977. The van der Waals surface area contributed by atoms with Crippen molar-refractivity contribution in [3.8, 4) is 0 Å². The number of nitrogens with one attached hydrogen (secondary N) is 2. The maximum Gasteiger partial charge on any atom is 0.233 e. The van der Waals surface area contributed by atoms with E-state index in [1.165, 1.54) is 11.8 Å². The molecule has 0 aliphatic heterocycles. The van der Waals surface area contributed by atoms with Gasteiger partial charge < -0.3 is 10.6 Å². The molecule has 0 saturated carbocycles. The summed E-state index contributed by atoms with van der Waals surface area (Å²) in [5.74, 6) is -0.000977. The van der Waals surface area contributed by atoms with E-state index >= 15 is 0 Å². The van der Waals surface area contributed by atoms with E-state index in [1.807, 2.05) is 13.8 Å². The zero-order chi connectivity index (χ0) is 14.3. The predicted molar refractivity (Wildman–Crippen MR) is 83.3 cm³/mol. The Kier molecular flexibility index (Phi) is 7.61. The van der Waals surface area contributed by atoms with Gasteiger partial charge in [0.15, 0.2) is 0 Å². The lowest BCUT2D eigenvalue weighted by atomic mass is 10.4. The number of benzene rings is 1. The number of hydrogen-bond donors (Lipinski definition) is 2. The van der Waals surface area contributed by atoms with Crippen LogP contribution >= 0.6 is 35.0 Å². The van der Waals surface area contributed by atoms with E-state index in [4.69, 9.17) is 23.2 Å². The fourth-order valence-corrected chi connectivity index (χ4v) is 2.84. The van der Waals surface area contributed by atoms with Crippen LogP contribution < -0.4 is 10.6 Å². The second-order valence-electron chi connectivity index (χ2n) is 3.98. The van der Waals surface area contributed by atoms with Gasteiger partial charge in [0.05, 0.1) is 10.3 Å². The van der Waals surface area contributed by atoms with E-state index in [9.17, 15) is 4.79 Å². The van der Waals surface area contributed by atoms with E-state index in [-0.39, 0.29) is 11.2 Å². The fourth-order valence-electron chi connectivity index (χ4n) is 1.41.